The largest absolute Gasteiger partial charge is 0.488 e. The van der Waals surface area contributed by atoms with Crippen molar-refractivity contribution in [2.75, 3.05) is 12.3 Å². The summed E-state index contributed by atoms with van der Waals surface area (Å²) in [5.41, 5.74) is 7.44. The summed E-state index contributed by atoms with van der Waals surface area (Å²) in [5, 5.41) is 14.0. The number of anilines is 1. The lowest BCUT2D eigenvalue weighted by atomic mass is 9.70. The third kappa shape index (κ3) is 4.12. The summed E-state index contributed by atoms with van der Waals surface area (Å²) in [6.45, 7) is 0.293. The highest BCUT2D eigenvalue weighted by Gasteiger charge is 2.33. The number of aromatic nitrogens is 4. The number of nitrogens with two attached hydrogens (primary N) is 1. The van der Waals surface area contributed by atoms with Crippen LogP contribution in [0.2, 0.25) is 0 Å². The van der Waals surface area contributed by atoms with Crippen LogP contribution in [0, 0.1) is 5.82 Å². The summed E-state index contributed by atoms with van der Waals surface area (Å²) in [4.78, 5) is 8.39. The average molecular weight is 383 g/mol. The summed E-state index contributed by atoms with van der Waals surface area (Å²) in [6, 6.07) is 6.80. The Morgan fingerprint density at radius 1 is 1.25 bits per heavy atom. The molecule has 2 aromatic heterocycles. The van der Waals surface area contributed by atoms with Gasteiger partial charge in [0.25, 0.3) is 0 Å². The fourth-order valence-electron chi connectivity index (χ4n) is 3.44. The highest BCUT2D eigenvalue weighted by molar-refractivity contribution is 5.34. The smallest absolute Gasteiger partial charge is 0.165 e. The quantitative estimate of drug-likeness (QED) is 0.650. The second-order valence-electron chi connectivity index (χ2n) is 7.11. The molecular weight excluding hydrogens is 361 g/mol. The normalized spacial score (nSPS) is 19.8. The first-order chi connectivity index (χ1) is 13.6. The Kier molecular flexibility index (Phi) is 5.21. The van der Waals surface area contributed by atoms with Gasteiger partial charge >= 0.3 is 0 Å². The summed E-state index contributed by atoms with van der Waals surface area (Å²) in [7, 11) is 0. The SMILES string of the molecule is Nc1cnc(C2CC(c3ccc(OCC(O)Cn4cccn4)c(F)c3)C2)cn1. The van der Waals surface area contributed by atoms with Crippen LogP contribution in [0.1, 0.15) is 35.9 Å². The molecule has 1 saturated carbocycles. The number of hydrogen-bond donors (Lipinski definition) is 2. The highest BCUT2D eigenvalue weighted by Crippen LogP contribution is 2.47. The molecule has 0 saturated heterocycles. The van der Waals surface area contributed by atoms with Gasteiger partial charge in [0.05, 0.1) is 24.6 Å². The van der Waals surface area contributed by atoms with Crippen molar-refractivity contribution in [1.29, 1.82) is 0 Å². The molecule has 1 aliphatic rings. The van der Waals surface area contributed by atoms with Crippen molar-refractivity contribution >= 4 is 5.82 Å². The Hall–Kier alpha value is -3.00. The van der Waals surface area contributed by atoms with E-state index >= 15 is 0 Å². The van der Waals surface area contributed by atoms with Crippen molar-refractivity contribution in [3.63, 3.8) is 0 Å². The van der Waals surface area contributed by atoms with Crippen LogP contribution < -0.4 is 10.5 Å². The number of aliphatic hydroxyl groups is 1. The number of hydrogen-bond acceptors (Lipinski definition) is 6. The number of halogens is 1. The van der Waals surface area contributed by atoms with E-state index in [-0.39, 0.29) is 12.4 Å². The molecule has 1 atom stereocenters. The van der Waals surface area contributed by atoms with Crippen LogP contribution in [-0.4, -0.2) is 37.6 Å². The van der Waals surface area contributed by atoms with Crippen LogP contribution >= 0.6 is 0 Å². The molecule has 3 N–H and O–H groups in total. The highest BCUT2D eigenvalue weighted by atomic mass is 19.1. The molecule has 0 spiro atoms. The summed E-state index contributed by atoms with van der Waals surface area (Å²) in [5.74, 6) is 0.753. The maximum Gasteiger partial charge on any atom is 0.165 e. The minimum Gasteiger partial charge on any atom is -0.488 e. The maximum atomic E-state index is 14.4. The topological polar surface area (TPSA) is 99.1 Å². The van der Waals surface area contributed by atoms with E-state index in [1.807, 2.05) is 6.07 Å². The number of ether oxygens (including phenoxy) is 1. The van der Waals surface area contributed by atoms with Crippen molar-refractivity contribution in [2.24, 2.45) is 0 Å². The van der Waals surface area contributed by atoms with E-state index in [1.54, 1.807) is 41.6 Å². The van der Waals surface area contributed by atoms with Crippen molar-refractivity contribution in [1.82, 2.24) is 19.7 Å². The van der Waals surface area contributed by atoms with Gasteiger partial charge in [-0.05, 0) is 42.5 Å². The summed E-state index contributed by atoms with van der Waals surface area (Å²) >= 11 is 0. The van der Waals surface area contributed by atoms with Gasteiger partial charge in [0, 0.05) is 18.3 Å². The molecule has 1 aliphatic carbocycles. The van der Waals surface area contributed by atoms with Crippen LogP contribution in [0.15, 0.2) is 49.1 Å². The van der Waals surface area contributed by atoms with Gasteiger partial charge < -0.3 is 15.6 Å². The van der Waals surface area contributed by atoms with E-state index < -0.39 is 11.9 Å². The zero-order chi connectivity index (χ0) is 19.5. The fourth-order valence-corrected chi connectivity index (χ4v) is 3.44. The number of rotatable bonds is 7. The predicted molar refractivity (Wildman–Crippen MR) is 101 cm³/mol. The van der Waals surface area contributed by atoms with Gasteiger partial charge in [-0.1, -0.05) is 6.07 Å². The van der Waals surface area contributed by atoms with E-state index in [4.69, 9.17) is 10.5 Å². The Morgan fingerprint density at radius 2 is 2.11 bits per heavy atom. The van der Waals surface area contributed by atoms with Crippen LogP contribution in [0.4, 0.5) is 10.2 Å². The first-order valence-electron chi connectivity index (χ1n) is 9.23. The first-order valence-corrected chi connectivity index (χ1v) is 9.23. The standard InChI is InChI=1S/C20H22FN5O2/c21-17-8-13(14-6-15(7-14)18-9-24-20(22)10-23-18)2-3-19(17)28-12-16(27)11-26-5-1-4-25-26/h1-5,8-10,14-16,27H,6-7,11-12H2,(H2,22,24). The van der Waals surface area contributed by atoms with Gasteiger partial charge in [-0.25, -0.2) is 9.37 Å². The predicted octanol–water partition coefficient (Wildman–Crippen LogP) is 2.50. The fraction of sp³-hybridized carbons (Fsp3) is 0.350. The second kappa shape index (κ2) is 7.93. The second-order valence-corrected chi connectivity index (χ2v) is 7.11. The molecule has 1 fully saturated rings. The molecule has 4 rings (SSSR count). The van der Waals surface area contributed by atoms with E-state index in [0.717, 1.165) is 24.1 Å². The van der Waals surface area contributed by atoms with Crippen molar-refractivity contribution < 1.29 is 14.2 Å². The van der Waals surface area contributed by atoms with Crippen LogP contribution in [0.5, 0.6) is 5.75 Å². The molecule has 2 heterocycles. The van der Waals surface area contributed by atoms with Crippen molar-refractivity contribution in [2.45, 2.75) is 37.3 Å². The molecule has 1 aromatic carbocycles. The third-order valence-corrected chi connectivity index (χ3v) is 5.06. The number of aliphatic hydroxyl groups excluding tert-OH is 1. The molecule has 7 nitrogen and oxygen atoms in total. The zero-order valence-corrected chi connectivity index (χ0v) is 15.3. The van der Waals surface area contributed by atoms with Gasteiger partial charge in [0.2, 0.25) is 0 Å². The third-order valence-electron chi connectivity index (χ3n) is 5.06. The van der Waals surface area contributed by atoms with Crippen LogP contribution in [0.25, 0.3) is 0 Å². The number of benzene rings is 1. The van der Waals surface area contributed by atoms with Gasteiger partial charge in [-0.3, -0.25) is 9.67 Å². The summed E-state index contributed by atoms with van der Waals surface area (Å²) in [6.07, 6.45) is 7.70. The molecule has 0 aliphatic heterocycles. The molecule has 8 heteroatoms. The Balaban J connectivity index is 1.30. The monoisotopic (exact) mass is 383 g/mol. The Labute approximate surface area is 162 Å². The minimum atomic E-state index is -0.771. The Morgan fingerprint density at radius 3 is 2.79 bits per heavy atom. The van der Waals surface area contributed by atoms with E-state index in [9.17, 15) is 9.50 Å². The number of nitrogens with zero attached hydrogens (tertiary/aromatic N) is 4. The van der Waals surface area contributed by atoms with Crippen LogP contribution in [-0.2, 0) is 6.54 Å². The molecule has 146 valence electrons. The Bertz CT molecular complexity index is 911. The van der Waals surface area contributed by atoms with Gasteiger partial charge in [0.1, 0.15) is 18.5 Å². The van der Waals surface area contributed by atoms with Gasteiger partial charge in [-0.15, -0.1) is 0 Å². The first kappa shape index (κ1) is 18.4. The van der Waals surface area contributed by atoms with E-state index in [1.165, 1.54) is 6.07 Å². The average Bonchev–Trinajstić information content (AvgIpc) is 3.14. The van der Waals surface area contributed by atoms with Gasteiger partial charge in [-0.2, -0.15) is 5.10 Å². The van der Waals surface area contributed by atoms with E-state index in [0.29, 0.717) is 24.2 Å². The lowest BCUT2D eigenvalue weighted by Gasteiger charge is -2.35. The minimum absolute atomic E-state index is 0.00254. The molecule has 0 bridgehead atoms. The maximum absolute atomic E-state index is 14.4. The molecule has 0 amide bonds. The van der Waals surface area contributed by atoms with Crippen molar-refractivity contribution in [3.05, 3.63) is 66.1 Å². The van der Waals surface area contributed by atoms with Crippen molar-refractivity contribution in [3.8, 4) is 5.75 Å². The van der Waals surface area contributed by atoms with E-state index in [2.05, 4.69) is 15.1 Å². The number of nitrogen functional groups attached to an aromatic ring is 1. The van der Waals surface area contributed by atoms with Crippen LogP contribution in [0.3, 0.4) is 0 Å². The summed E-state index contributed by atoms with van der Waals surface area (Å²) < 4.78 is 21.4. The van der Waals surface area contributed by atoms with Gasteiger partial charge in [0.15, 0.2) is 11.6 Å². The molecule has 0 radical (unpaired) electrons. The lowest BCUT2D eigenvalue weighted by Crippen LogP contribution is -2.24. The molecular formula is C20H22FN5O2. The molecule has 28 heavy (non-hydrogen) atoms. The lowest BCUT2D eigenvalue weighted by molar-refractivity contribution is 0.0874. The molecule has 1 unspecified atom stereocenters. The zero-order valence-electron chi connectivity index (χ0n) is 15.3. The molecule has 3 aromatic rings.